The van der Waals surface area contributed by atoms with Gasteiger partial charge in [-0.05, 0) is 37.5 Å². The molecule has 4 nitrogen and oxygen atoms in total. The van der Waals surface area contributed by atoms with E-state index in [1.54, 1.807) is 0 Å². The molecule has 166 valence electrons. The molecule has 4 heteroatoms. The monoisotopic (exact) mass is 406 g/mol. The summed E-state index contributed by atoms with van der Waals surface area (Å²) in [6.07, 6.45) is 14.8. The predicted octanol–water partition coefficient (Wildman–Crippen LogP) is 6.21. The summed E-state index contributed by atoms with van der Waals surface area (Å²) in [4.78, 5) is 10.7. The molecule has 0 heterocycles. The van der Waals surface area contributed by atoms with E-state index in [0.29, 0.717) is 4.48 Å². The first-order chi connectivity index (χ1) is 13.8. The van der Waals surface area contributed by atoms with Crippen LogP contribution in [0.4, 0.5) is 5.69 Å². The molecule has 1 unspecified atom stereocenters. The Hall–Kier alpha value is -1.39. The van der Waals surface area contributed by atoms with Crippen LogP contribution in [0.2, 0.25) is 0 Å². The number of likely N-dealkylation sites (N-methyl/N-ethyl adjacent to an activating group) is 1. The van der Waals surface area contributed by atoms with E-state index in [-0.39, 0.29) is 12.7 Å². The van der Waals surface area contributed by atoms with Crippen LogP contribution in [0.25, 0.3) is 0 Å². The van der Waals surface area contributed by atoms with E-state index in [9.17, 15) is 4.79 Å². The molecule has 0 spiro atoms. The van der Waals surface area contributed by atoms with Gasteiger partial charge in [0, 0.05) is 0 Å². The molecule has 0 aliphatic carbocycles. The quantitative estimate of drug-likeness (QED) is 0.247. The first-order valence-corrected chi connectivity index (χ1v) is 11.6. The third-order valence-electron chi connectivity index (χ3n) is 5.66. The first kappa shape index (κ1) is 25.6. The molecule has 1 aromatic carbocycles. The van der Waals surface area contributed by atoms with E-state index in [4.69, 9.17) is 9.84 Å². The molecule has 0 aromatic heterocycles. The van der Waals surface area contributed by atoms with Crippen molar-refractivity contribution in [3.05, 3.63) is 29.8 Å². The van der Waals surface area contributed by atoms with Crippen molar-refractivity contribution in [2.75, 3.05) is 27.2 Å². The number of carboxylic acid groups (broad SMARTS) is 1. The molecule has 0 aliphatic rings. The van der Waals surface area contributed by atoms with Crippen LogP contribution in [-0.2, 0) is 16.0 Å². The van der Waals surface area contributed by atoms with Crippen molar-refractivity contribution >= 4 is 11.7 Å². The average Bonchev–Trinajstić information content (AvgIpc) is 2.68. The van der Waals surface area contributed by atoms with E-state index in [0.717, 1.165) is 13.0 Å². The fourth-order valence-corrected chi connectivity index (χ4v) is 3.90. The van der Waals surface area contributed by atoms with Gasteiger partial charge < -0.3 is 9.84 Å². The Bertz CT molecular complexity index is 554. The lowest BCUT2D eigenvalue weighted by Gasteiger charge is -2.31. The van der Waals surface area contributed by atoms with E-state index in [1.165, 1.54) is 75.5 Å². The lowest BCUT2D eigenvalue weighted by Crippen LogP contribution is -2.46. The number of quaternary nitrogens is 1. The van der Waals surface area contributed by atoms with Gasteiger partial charge in [0.05, 0.1) is 14.1 Å². The molecule has 29 heavy (non-hydrogen) atoms. The van der Waals surface area contributed by atoms with Crippen LogP contribution in [0.5, 0.6) is 0 Å². The second-order valence-corrected chi connectivity index (χ2v) is 8.98. The molecule has 0 saturated heterocycles. The van der Waals surface area contributed by atoms with Gasteiger partial charge in [-0.2, -0.15) is 0 Å². The number of benzene rings is 1. The summed E-state index contributed by atoms with van der Waals surface area (Å²) < 4.78 is 6.07. The summed E-state index contributed by atoms with van der Waals surface area (Å²) in [5.41, 5.74) is 2.63. The predicted molar refractivity (Wildman–Crippen MR) is 124 cm³/mol. The topological polar surface area (TPSA) is 46.5 Å². The minimum Gasteiger partial charge on any atom is -0.480 e. The molecule has 0 fully saturated rings. The van der Waals surface area contributed by atoms with Crippen LogP contribution in [0.1, 0.15) is 83.6 Å². The second-order valence-electron chi connectivity index (χ2n) is 8.98. The number of aliphatic carboxylic acids is 1. The highest BCUT2D eigenvalue weighted by Crippen LogP contribution is 2.21. The van der Waals surface area contributed by atoms with Crippen LogP contribution in [-0.4, -0.2) is 44.4 Å². The summed E-state index contributed by atoms with van der Waals surface area (Å²) in [7, 11) is 4.27. The fourth-order valence-electron chi connectivity index (χ4n) is 3.90. The van der Waals surface area contributed by atoms with Gasteiger partial charge in [0.25, 0.3) is 0 Å². The maximum atomic E-state index is 10.7. The minimum absolute atomic E-state index is 0.104. The second kappa shape index (κ2) is 14.6. The standard InChI is InChI=1S/C25H43NO3/c1-5-6-7-8-9-10-11-12-13-14-15-23-16-18-24(19-17-23)26(3,4)20-22(2)29-21-25(27)28/h16-19,22H,5-15,20-21H2,1-4H3/p+1. The molecule has 1 atom stereocenters. The number of aryl methyl sites for hydroxylation is 1. The minimum atomic E-state index is -0.918. The largest absolute Gasteiger partial charge is 0.480 e. The van der Waals surface area contributed by atoms with Crippen molar-refractivity contribution in [1.82, 2.24) is 4.48 Å². The Kier molecular flexibility index (Phi) is 12.9. The normalized spacial score (nSPS) is 12.8. The summed E-state index contributed by atoms with van der Waals surface area (Å²) >= 11 is 0. The molecule has 0 bridgehead atoms. The third-order valence-corrected chi connectivity index (χ3v) is 5.66. The molecule has 0 radical (unpaired) electrons. The van der Waals surface area contributed by atoms with Crippen molar-refractivity contribution in [3.63, 3.8) is 0 Å². The molecular weight excluding hydrogens is 362 g/mol. The first-order valence-electron chi connectivity index (χ1n) is 11.6. The zero-order valence-electron chi connectivity index (χ0n) is 19.3. The van der Waals surface area contributed by atoms with Gasteiger partial charge in [-0.3, -0.25) is 4.48 Å². The van der Waals surface area contributed by atoms with Crippen molar-refractivity contribution < 1.29 is 14.6 Å². The SMILES string of the molecule is CCCCCCCCCCCCc1ccc([N+](C)(C)CC(C)OCC(=O)O)cc1. The van der Waals surface area contributed by atoms with E-state index in [2.05, 4.69) is 45.3 Å². The van der Waals surface area contributed by atoms with Gasteiger partial charge in [0.1, 0.15) is 24.9 Å². The molecule has 1 rings (SSSR count). The summed E-state index contributed by atoms with van der Waals surface area (Å²) in [5.74, 6) is -0.918. The molecular formula is C25H44NO3+. The van der Waals surface area contributed by atoms with Crippen LogP contribution < -0.4 is 4.48 Å². The molecule has 0 saturated carbocycles. The fraction of sp³-hybridized carbons (Fsp3) is 0.720. The van der Waals surface area contributed by atoms with Crippen LogP contribution >= 0.6 is 0 Å². The highest BCUT2D eigenvalue weighted by atomic mass is 16.5. The van der Waals surface area contributed by atoms with Crippen LogP contribution in [0.15, 0.2) is 24.3 Å². The Morgan fingerprint density at radius 3 is 1.97 bits per heavy atom. The van der Waals surface area contributed by atoms with Gasteiger partial charge in [0.2, 0.25) is 0 Å². The third kappa shape index (κ3) is 12.0. The van der Waals surface area contributed by atoms with Gasteiger partial charge >= 0.3 is 5.97 Å². The number of nitrogens with zero attached hydrogens (tertiary/aromatic N) is 1. The van der Waals surface area contributed by atoms with Gasteiger partial charge in [-0.25, -0.2) is 4.79 Å². The molecule has 1 aromatic rings. The molecule has 1 N–H and O–H groups in total. The number of hydrogen-bond acceptors (Lipinski definition) is 2. The molecule has 0 aliphatic heterocycles. The van der Waals surface area contributed by atoms with Gasteiger partial charge in [0.15, 0.2) is 0 Å². The molecule has 0 amide bonds. The maximum Gasteiger partial charge on any atom is 0.329 e. The summed E-state index contributed by atoms with van der Waals surface area (Å²) in [6, 6.07) is 8.89. The maximum absolute atomic E-state index is 10.7. The van der Waals surface area contributed by atoms with E-state index in [1.807, 2.05) is 6.92 Å². The Morgan fingerprint density at radius 1 is 0.931 bits per heavy atom. The summed E-state index contributed by atoms with van der Waals surface area (Å²) in [5, 5.41) is 8.75. The zero-order valence-corrected chi connectivity index (χ0v) is 19.3. The summed E-state index contributed by atoms with van der Waals surface area (Å²) in [6.45, 7) is 4.71. The number of ether oxygens (including phenoxy) is 1. The van der Waals surface area contributed by atoms with Crippen molar-refractivity contribution in [3.8, 4) is 0 Å². The number of unbranched alkanes of at least 4 members (excludes halogenated alkanes) is 9. The number of rotatable bonds is 17. The average molecular weight is 407 g/mol. The lowest BCUT2D eigenvalue weighted by molar-refractivity contribution is -0.144. The van der Waals surface area contributed by atoms with Crippen molar-refractivity contribution in [2.24, 2.45) is 0 Å². The number of carbonyl (C=O) groups is 1. The Morgan fingerprint density at radius 2 is 1.45 bits per heavy atom. The van der Waals surface area contributed by atoms with Gasteiger partial charge in [-0.15, -0.1) is 0 Å². The lowest BCUT2D eigenvalue weighted by atomic mass is 10.0. The highest BCUT2D eigenvalue weighted by Gasteiger charge is 2.23. The Labute approximate surface area is 178 Å². The highest BCUT2D eigenvalue weighted by molar-refractivity contribution is 5.68. The van der Waals surface area contributed by atoms with Crippen molar-refractivity contribution in [2.45, 2.75) is 90.6 Å². The zero-order chi connectivity index (χ0) is 21.5. The van der Waals surface area contributed by atoms with E-state index >= 15 is 0 Å². The smallest absolute Gasteiger partial charge is 0.329 e. The van der Waals surface area contributed by atoms with Crippen LogP contribution in [0.3, 0.4) is 0 Å². The number of hydrogen-bond donors (Lipinski definition) is 1. The Balaban J connectivity index is 2.24. The van der Waals surface area contributed by atoms with Crippen LogP contribution in [0, 0.1) is 0 Å². The van der Waals surface area contributed by atoms with Gasteiger partial charge in [-0.1, -0.05) is 76.8 Å². The van der Waals surface area contributed by atoms with E-state index < -0.39 is 5.97 Å². The number of carboxylic acids is 1. The van der Waals surface area contributed by atoms with Crippen molar-refractivity contribution in [1.29, 1.82) is 0 Å².